The summed E-state index contributed by atoms with van der Waals surface area (Å²) in [6, 6.07) is 3.61. The molecule has 3 heterocycles. The normalized spacial score (nSPS) is 26.2. The highest BCUT2D eigenvalue weighted by molar-refractivity contribution is 6.39. The molecule has 36 heavy (non-hydrogen) atoms. The average Bonchev–Trinajstić information content (AvgIpc) is 3.51. The molecule has 3 aliphatic rings. The molecule has 1 unspecified atom stereocenters. The quantitative estimate of drug-likeness (QED) is 0.499. The van der Waals surface area contributed by atoms with Crippen LogP contribution in [0.4, 0.5) is 5.82 Å². The Labute approximate surface area is 218 Å². The van der Waals surface area contributed by atoms with Gasteiger partial charge in [0.05, 0.1) is 5.02 Å². The van der Waals surface area contributed by atoms with Crippen molar-refractivity contribution in [3.63, 3.8) is 0 Å². The van der Waals surface area contributed by atoms with Crippen LogP contribution in [0.5, 0.6) is 0 Å². The molecule has 5 rings (SSSR count). The van der Waals surface area contributed by atoms with Gasteiger partial charge >= 0.3 is 0 Å². The highest BCUT2D eigenvalue weighted by atomic mass is 35.5. The predicted octanol–water partition coefficient (Wildman–Crippen LogP) is 3.27. The van der Waals surface area contributed by atoms with Crippen molar-refractivity contribution in [1.29, 1.82) is 0 Å². The smallest absolute Gasteiger partial charge is 0.265 e. The van der Waals surface area contributed by atoms with Gasteiger partial charge in [0.15, 0.2) is 0 Å². The summed E-state index contributed by atoms with van der Waals surface area (Å²) in [6.45, 7) is 6.62. The Hall–Kier alpha value is -2.65. The maximum atomic E-state index is 13.1. The lowest BCUT2D eigenvalue weighted by Crippen LogP contribution is -2.28. The van der Waals surface area contributed by atoms with Crippen LogP contribution in [-0.4, -0.2) is 37.0 Å². The molecule has 2 aromatic heterocycles. The lowest BCUT2D eigenvalue weighted by molar-refractivity contribution is -0.120. The fraction of sp³-hybridized carbons (Fsp3) is 0.538. The minimum absolute atomic E-state index is 0.00176. The summed E-state index contributed by atoms with van der Waals surface area (Å²) in [7, 11) is -0.584. The molecule has 192 valence electrons. The highest BCUT2D eigenvalue weighted by Gasteiger charge is 2.44. The minimum Gasteiger partial charge on any atom is -0.388 e. The third-order valence-corrected chi connectivity index (χ3v) is 10.5. The Morgan fingerprint density at radius 2 is 1.83 bits per heavy atom. The minimum atomic E-state index is -0.584. The van der Waals surface area contributed by atoms with E-state index in [4.69, 9.17) is 17.3 Å². The molecule has 0 saturated heterocycles. The molecule has 4 atom stereocenters. The van der Waals surface area contributed by atoms with Crippen molar-refractivity contribution < 1.29 is 14.4 Å². The molecule has 3 amide bonds. The summed E-state index contributed by atoms with van der Waals surface area (Å²) in [5, 5.41) is 3.48. The zero-order valence-corrected chi connectivity index (χ0v) is 23.2. The van der Waals surface area contributed by atoms with Gasteiger partial charge < -0.3 is 20.6 Å². The first kappa shape index (κ1) is 25.0. The number of carbonyl (C=O) groups excluding carboxylic acids is 3. The fourth-order valence-corrected chi connectivity index (χ4v) is 8.66. The summed E-state index contributed by atoms with van der Waals surface area (Å²) in [5.41, 5.74) is 9.43. The molecular weight excluding hydrogens is 494 g/mol. The Morgan fingerprint density at radius 3 is 2.47 bits per heavy atom. The van der Waals surface area contributed by atoms with E-state index in [9.17, 15) is 14.4 Å². The van der Waals surface area contributed by atoms with Gasteiger partial charge in [-0.2, -0.15) is 0 Å². The van der Waals surface area contributed by atoms with Crippen LogP contribution in [-0.2, 0) is 22.6 Å². The molecule has 0 radical (unpaired) electrons. The summed E-state index contributed by atoms with van der Waals surface area (Å²) in [6.07, 6.45) is 6.40. The van der Waals surface area contributed by atoms with Gasteiger partial charge in [0.2, 0.25) is 11.8 Å². The van der Waals surface area contributed by atoms with Crippen LogP contribution < -0.4 is 16.0 Å². The summed E-state index contributed by atoms with van der Waals surface area (Å²) < 4.78 is 1.99. The molecule has 0 aromatic carbocycles. The van der Waals surface area contributed by atoms with Gasteiger partial charge in [0, 0.05) is 42.4 Å². The Bertz CT molecular complexity index is 1230. The number of halogens is 1. The molecule has 2 aromatic rings. The number of fused-ring (bicyclic) bond motifs is 2. The molecule has 1 aliphatic heterocycles. The zero-order valence-electron chi connectivity index (χ0n) is 21.1. The molecule has 8 nitrogen and oxygen atoms in total. The molecular formula is C26H34ClN5O3Si. The molecule has 2 saturated carbocycles. The number of rotatable bonds is 6. The average molecular weight is 528 g/mol. The Balaban J connectivity index is 1.30. The lowest BCUT2D eigenvalue weighted by atomic mass is 9.89. The first-order valence-electron chi connectivity index (χ1n) is 12.7. The molecule has 2 aliphatic carbocycles. The van der Waals surface area contributed by atoms with E-state index in [0.29, 0.717) is 40.5 Å². The SMILES string of the molecule is CC(=O)N[SiH2]C1C[C@@H]2C[C@@H](C(=O)Nc3cc(-c4cc(C(N)=O)n5c4CC(C)(C)C5)c(Cl)cn3)C[C@@H]2C1. The maximum absolute atomic E-state index is 13.1. The third kappa shape index (κ3) is 4.83. The van der Waals surface area contributed by atoms with Gasteiger partial charge in [-0.1, -0.05) is 25.4 Å². The van der Waals surface area contributed by atoms with Crippen molar-refractivity contribution in [1.82, 2.24) is 14.5 Å². The third-order valence-electron chi connectivity index (χ3n) is 8.21. The number of nitrogens with two attached hydrogens (primary N) is 1. The monoisotopic (exact) mass is 527 g/mol. The van der Waals surface area contributed by atoms with Gasteiger partial charge in [0.25, 0.3) is 5.91 Å². The Kier molecular flexibility index (Phi) is 6.49. The summed E-state index contributed by atoms with van der Waals surface area (Å²) in [5.74, 6) is 1.19. The van der Waals surface area contributed by atoms with Crippen LogP contribution in [0.2, 0.25) is 10.6 Å². The van der Waals surface area contributed by atoms with Crippen molar-refractivity contribution >= 4 is 44.8 Å². The summed E-state index contributed by atoms with van der Waals surface area (Å²) >= 11 is 6.56. The first-order valence-corrected chi connectivity index (χ1v) is 14.6. The van der Waals surface area contributed by atoms with Crippen LogP contribution in [0.1, 0.15) is 62.6 Å². The van der Waals surface area contributed by atoms with Crippen molar-refractivity contribution in [3.05, 3.63) is 34.7 Å². The second-order valence-electron chi connectivity index (χ2n) is 11.7. The number of amides is 3. The molecule has 10 heteroatoms. The van der Waals surface area contributed by atoms with Crippen molar-refractivity contribution in [2.45, 2.75) is 65.0 Å². The number of nitrogens with zero attached hydrogens (tertiary/aromatic N) is 2. The van der Waals surface area contributed by atoms with Gasteiger partial charge in [-0.3, -0.25) is 14.4 Å². The Morgan fingerprint density at radius 1 is 1.14 bits per heavy atom. The van der Waals surface area contributed by atoms with E-state index < -0.39 is 15.6 Å². The number of primary amides is 1. The number of nitrogens with one attached hydrogen (secondary N) is 2. The second-order valence-corrected chi connectivity index (χ2v) is 14.0. The standard InChI is InChI=1S/C26H34ClN5O3Si/c1-13(33)31-36-17-6-14-4-16(5-15(14)7-17)25(35)30-23-9-18(20(27)11-29-23)19-8-21(24(28)34)32-12-26(2,3)10-22(19)32/h8-9,11,14-17H,4-7,10,12,36H2,1-3H3,(H2,28,34)(H,31,33)(H,29,30,35)/t14-,15+,16+,17?. The second kappa shape index (κ2) is 9.34. The number of carbonyl (C=O) groups is 3. The summed E-state index contributed by atoms with van der Waals surface area (Å²) in [4.78, 5) is 43.9. The van der Waals surface area contributed by atoms with Gasteiger partial charge in [0.1, 0.15) is 21.2 Å². The van der Waals surface area contributed by atoms with E-state index in [1.807, 2.05) is 4.57 Å². The van der Waals surface area contributed by atoms with Gasteiger partial charge in [-0.15, -0.1) is 0 Å². The number of anilines is 1. The van der Waals surface area contributed by atoms with Crippen molar-refractivity contribution in [3.8, 4) is 11.1 Å². The van der Waals surface area contributed by atoms with Crippen molar-refractivity contribution in [2.75, 3.05) is 5.32 Å². The van der Waals surface area contributed by atoms with Crippen LogP contribution in [0.3, 0.4) is 0 Å². The van der Waals surface area contributed by atoms with E-state index in [0.717, 1.165) is 48.9 Å². The highest BCUT2D eigenvalue weighted by Crippen LogP contribution is 2.51. The van der Waals surface area contributed by atoms with Crippen molar-refractivity contribution in [2.24, 2.45) is 28.9 Å². The van der Waals surface area contributed by atoms with Crippen LogP contribution in [0, 0.1) is 23.2 Å². The van der Waals surface area contributed by atoms with Gasteiger partial charge in [-0.05, 0) is 67.0 Å². The van der Waals surface area contributed by atoms with Crippen LogP contribution in [0.25, 0.3) is 11.1 Å². The number of hydrogen-bond donors (Lipinski definition) is 3. The molecule has 4 N–H and O–H groups in total. The largest absolute Gasteiger partial charge is 0.388 e. The zero-order chi connectivity index (χ0) is 25.8. The van der Waals surface area contributed by atoms with E-state index in [1.54, 1.807) is 25.3 Å². The van der Waals surface area contributed by atoms with E-state index in [-0.39, 0.29) is 23.1 Å². The molecule has 2 fully saturated rings. The molecule has 0 bridgehead atoms. The number of hydrogen-bond acceptors (Lipinski definition) is 4. The number of aromatic nitrogens is 2. The lowest BCUT2D eigenvalue weighted by Gasteiger charge is -2.16. The van der Waals surface area contributed by atoms with E-state index in [1.165, 1.54) is 0 Å². The number of pyridine rings is 1. The van der Waals surface area contributed by atoms with E-state index in [2.05, 4.69) is 29.1 Å². The fourth-order valence-electron chi connectivity index (χ4n) is 6.69. The maximum Gasteiger partial charge on any atom is 0.265 e. The first-order chi connectivity index (χ1) is 17.0. The molecule has 0 spiro atoms. The topological polar surface area (TPSA) is 119 Å². The van der Waals surface area contributed by atoms with Crippen LogP contribution >= 0.6 is 11.6 Å². The predicted molar refractivity (Wildman–Crippen MR) is 142 cm³/mol. The van der Waals surface area contributed by atoms with E-state index >= 15 is 0 Å². The van der Waals surface area contributed by atoms with Crippen LogP contribution in [0.15, 0.2) is 18.3 Å². The van der Waals surface area contributed by atoms with Gasteiger partial charge in [-0.25, -0.2) is 4.98 Å².